The summed E-state index contributed by atoms with van der Waals surface area (Å²) in [6, 6.07) is 21.1. The van der Waals surface area contributed by atoms with Crippen LogP contribution in [0.5, 0.6) is 5.75 Å². The lowest BCUT2D eigenvalue weighted by Gasteiger charge is -2.10. The van der Waals surface area contributed by atoms with E-state index >= 15 is 0 Å². The van der Waals surface area contributed by atoms with Crippen molar-refractivity contribution < 1.29 is 13.9 Å². The summed E-state index contributed by atoms with van der Waals surface area (Å²) in [6.07, 6.45) is 0.798. The third-order valence-corrected chi connectivity index (χ3v) is 4.15. The van der Waals surface area contributed by atoms with Crippen LogP contribution in [-0.4, -0.2) is 19.6 Å². The number of carbonyl (C=O) groups excluding carboxylic acids is 1. The quantitative estimate of drug-likeness (QED) is 0.637. The smallest absolute Gasteiger partial charge is 0.259 e. The molecule has 4 nitrogen and oxygen atoms in total. The fraction of sp³-hybridized carbons (Fsp3) is 0.136. The second-order valence-corrected chi connectivity index (χ2v) is 6.04. The van der Waals surface area contributed by atoms with E-state index in [2.05, 4.69) is 10.6 Å². The minimum atomic E-state index is -0.225. The van der Waals surface area contributed by atoms with Gasteiger partial charge in [0.15, 0.2) is 0 Å². The molecule has 0 aliphatic heterocycles. The van der Waals surface area contributed by atoms with Crippen LogP contribution >= 0.6 is 0 Å². The van der Waals surface area contributed by atoms with Crippen molar-refractivity contribution in [2.75, 3.05) is 24.3 Å². The Kier molecular flexibility index (Phi) is 6.05. The Labute approximate surface area is 158 Å². The number of amides is 1. The molecule has 3 aromatic carbocycles. The number of hydrogen-bond acceptors (Lipinski definition) is 3. The van der Waals surface area contributed by atoms with Gasteiger partial charge in [-0.3, -0.25) is 4.79 Å². The average molecular weight is 364 g/mol. The molecule has 138 valence electrons. The number of ether oxygens (including phenoxy) is 1. The first-order valence-electron chi connectivity index (χ1n) is 8.68. The Bertz CT molecular complexity index is 893. The molecule has 27 heavy (non-hydrogen) atoms. The maximum absolute atomic E-state index is 12.9. The molecule has 0 aromatic heterocycles. The zero-order chi connectivity index (χ0) is 19.1. The molecule has 0 fully saturated rings. The summed E-state index contributed by atoms with van der Waals surface area (Å²) in [6.45, 7) is 0.735. The molecule has 0 saturated heterocycles. The van der Waals surface area contributed by atoms with Crippen LogP contribution in [0.1, 0.15) is 15.9 Å². The summed E-state index contributed by atoms with van der Waals surface area (Å²) >= 11 is 0. The molecule has 3 rings (SSSR count). The van der Waals surface area contributed by atoms with Gasteiger partial charge >= 0.3 is 0 Å². The molecular weight excluding hydrogens is 343 g/mol. The number of para-hydroxylation sites is 1. The number of methoxy groups -OCH3 is 1. The van der Waals surface area contributed by atoms with Crippen molar-refractivity contribution in [2.45, 2.75) is 6.42 Å². The van der Waals surface area contributed by atoms with E-state index in [0.717, 1.165) is 24.2 Å². The van der Waals surface area contributed by atoms with Crippen LogP contribution < -0.4 is 15.4 Å². The Balaban J connectivity index is 1.54. The van der Waals surface area contributed by atoms with E-state index in [1.54, 1.807) is 37.4 Å². The fourth-order valence-corrected chi connectivity index (χ4v) is 2.70. The van der Waals surface area contributed by atoms with E-state index in [0.29, 0.717) is 17.0 Å². The molecule has 0 radical (unpaired) electrons. The largest absolute Gasteiger partial charge is 0.496 e. The van der Waals surface area contributed by atoms with Crippen LogP contribution in [0.3, 0.4) is 0 Å². The summed E-state index contributed by atoms with van der Waals surface area (Å²) in [7, 11) is 1.54. The molecule has 1 amide bonds. The lowest BCUT2D eigenvalue weighted by atomic mass is 10.1. The Hall–Kier alpha value is -3.34. The summed E-state index contributed by atoms with van der Waals surface area (Å²) < 4.78 is 18.1. The lowest BCUT2D eigenvalue weighted by molar-refractivity contribution is 0.102. The number of rotatable bonds is 7. The van der Waals surface area contributed by atoms with Gasteiger partial charge in [-0.15, -0.1) is 0 Å². The monoisotopic (exact) mass is 364 g/mol. The van der Waals surface area contributed by atoms with E-state index in [-0.39, 0.29) is 11.7 Å². The topological polar surface area (TPSA) is 50.4 Å². The molecule has 0 aliphatic carbocycles. The van der Waals surface area contributed by atoms with Crippen molar-refractivity contribution in [3.8, 4) is 5.75 Å². The van der Waals surface area contributed by atoms with Crippen LogP contribution in [0.15, 0.2) is 72.8 Å². The van der Waals surface area contributed by atoms with Crippen LogP contribution in [0.25, 0.3) is 0 Å². The highest BCUT2D eigenvalue weighted by Gasteiger charge is 2.11. The van der Waals surface area contributed by atoms with Crippen molar-refractivity contribution in [2.24, 2.45) is 0 Å². The third kappa shape index (κ3) is 5.07. The summed E-state index contributed by atoms with van der Waals surface area (Å²) in [5, 5.41) is 6.18. The highest BCUT2D eigenvalue weighted by molar-refractivity contribution is 6.06. The molecule has 0 heterocycles. The standard InChI is InChI=1S/C22H21FN2O2/c1-27-21-5-3-2-4-20(21)22(26)25-19-12-10-18(11-13-19)24-15-14-16-6-8-17(23)9-7-16/h2-13,24H,14-15H2,1H3,(H,25,26). The van der Waals surface area contributed by atoms with E-state index in [1.165, 1.54) is 12.1 Å². The van der Waals surface area contributed by atoms with Gasteiger partial charge in [-0.2, -0.15) is 0 Å². The van der Waals surface area contributed by atoms with Crippen LogP contribution in [0.4, 0.5) is 15.8 Å². The predicted molar refractivity (Wildman–Crippen MR) is 106 cm³/mol. The zero-order valence-corrected chi connectivity index (χ0v) is 15.0. The second kappa shape index (κ2) is 8.85. The van der Waals surface area contributed by atoms with Gasteiger partial charge in [-0.25, -0.2) is 4.39 Å². The van der Waals surface area contributed by atoms with Crippen molar-refractivity contribution in [1.82, 2.24) is 0 Å². The van der Waals surface area contributed by atoms with Crippen LogP contribution in [-0.2, 0) is 6.42 Å². The van der Waals surface area contributed by atoms with Gasteiger partial charge in [0.1, 0.15) is 11.6 Å². The summed E-state index contributed by atoms with van der Waals surface area (Å²) in [5.41, 5.74) is 3.22. The number of carbonyl (C=O) groups is 1. The maximum atomic E-state index is 12.9. The van der Waals surface area contributed by atoms with Gasteiger partial charge in [-0.05, 0) is 60.5 Å². The SMILES string of the molecule is COc1ccccc1C(=O)Nc1ccc(NCCc2ccc(F)cc2)cc1. The predicted octanol–water partition coefficient (Wildman–Crippen LogP) is 4.74. The second-order valence-electron chi connectivity index (χ2n) is 6.04. The van der Waals surface area contributed by atoms with Gasteiger partial charge in [0, 0.05) is 17.9 Å². The van der Waals surface area contributed by atoms with E-state index in [1.807, 2.05) is 30.3 Å². The van der Waals surface area contributed by atoms with Crippen molar-refractivity contribution in [3.05, 3.63) is 89.7 Å². The van der Waals surface area contributed by atoms with Gasteiger partial charge in [0.25, 0.3) is 5.91 Å². The van der Waals surface area contributed by atoms with Crippen LogP contribution in [0.2, 0.25) is 0 Å². The molecule has 5 heteroatoms. The van der Waals surface area contributed by atoms with E-state index in [4.69, 9.17) is 4.74 Å². The molecule has 0 unspecified atom stereocenters. The Morgan fingerprint density at radius 2 is 1.59 bits per heavy atom. The molecule has 0 aliphatic rings. The van der Waals surface area contributed by atoms with Crippen molar-refractivity contribution in [1.29, 1.82) is 0 Å². The third-order valence-electron chi connectivity index (χ3n) is 4.15. The lowest BCUT2D eigenvalue weighted by Crippen LogP contribution is -2.13. The Morgan fingerprint density at radius 1 is 0.926 bits per heavy atom. The highest BCUT2D eigenvalue weighted by atomic mass is 19.1. The van der Waals surface area contributed by atoms with Gasteiger partial charge in [-0.1, -0.05) is 24.3 Å². The molecule has 0 saturated carbocycles. The number of halogens is 1. The van der Waals surface area contributed by atoms with Crippen molar-refractivity contribution >= 4 is 17.3 Å². The number of benzene rings is 3. The van der Waals surface area contributed by atoms with Gasteiger partial charge in [0.05, 0.1) is 12.7 Å². The minimum absolute atomic E-state index is 0.218. The number of anilines is 2. The first kappa shape index (κ1) is 18.5. The summed E-state index contributed by atoms with van der Waals surface area (Å²) in [4.78, 5) is 12.4. The highest BCUT2D eigenvalue weighted by Crippen LogP contribution is 2.20. The molecule has 0 atom stereocenters. The van der Waals surface area contributed by atoms with E-state index in [9.17, 15) is 9.18 Å². The first-order chi connectivity index (χ1) is 13.2. The number of nitrogens with one attached hydrogen (secondary N) is 2. The minimum Gasteiger partial charge on any atom is -0.496 e. The first-order valence-corrected chi connectivity index (χ1v) is 8.68. The zero-order valence-electron chi connectivity index (χ0n) is 15.0. The van der Waals surface area contributed by atoms with E-state index < -0.39 is 0 Å². The summed E-state index contributed by atoms with van der Waals surface area (Å²) in [5.74, 6) is 0.0935. The molecule has 0 spiro atoms. The van der Waals surface area contributed by atoms with Crippen molar-refractivity contribution in [3.63, 3.8) is 0 Å². The molecular formula is C22H21FN2O2. The molecule has 3 aromatic rings. The van der Waals surface area contributed by atoms with Gasteiger partial charge in [0.2, 0.25) is 0 Å². The normalized spacial score (nSPS) is 10.3. The maximum Gasteiger partial charge on any atom is 0.259 e. The molecule has 0 bridgehead atoms. The number of hydrogen-bond donors (Lipinski definition) is 2. The average Bonchev–Trinajstić information content (AvgIpc) is 2.70. The fourth-order valence-electron chi connectivity index (χ4n) is 2.70. The molecule has 2 N–H and O–H groups in total. The van der Waals surface area contributed by atoms with Gasteiger partial charge < -0.3 is 15.4 Å². The van der Waals surface area contributed by atoms with Crippen LogP contribution in [0, 0.1) is 5.82 Å². The Morgan fingerprint density at radius 3 is 2.30 bits per heavy atom.